The molecule has 0 bridgehead atoms. The zero-order valence-electron chi connectivity index (χ0n) is 20.1. The van der Waals surface area contributed by atoms with Crippen LogP contribution in [0.2, 0.25) is 5.02 Å². The fourth-order valence-corrected chi connectivity index (χ4v) is 4.44. The molecule has 10 heteroatoms. The summed E-state index contributed by atoms with van der Waals surface area (Å²) in [5.41, 5.74) is 1.29. The zero-order chi connectivity index (χ0) is 25.3. The van der Waals surface area contributed by atoms with Crippen molar-refractivity contribution in [3.63, 3.8) is 0 Å². The normalized spacial score (nSPS) is 18.2. The summed E-state index contributed by atoms with van der Waals surface area (Å²) < 4.78 is 10.9. The van der Waals surface area contributed by atoms with Crippen molar-refractivity contribution in [2.45, 2.75) is 12.8 Å². The van der Waals surface area contributed by atoms with E-state index in [1.165, 1.54) is 0 Å². The molecule has 2 saturated heterocycles. The molecule has 192 valence electrons. The average molecular weight is 515 g/mol. The predicted octanol–water partition coefficient (Wildman–Crippen LogP) is 2.55. The van der Waals surface area contributed by atoms with Gasteiger partial charge >= 0.3 is 0 Å². The Morgan fingerprint density at radius 2 is 1.89 bits per heavy atom. The molecule has 0 radical (unpaired) electrons. The van der Waals surface area contributed by atoms with Crippen molar-refractivity contribution in [2.75, 3.05) is 62.8 Å². The Hall–Kier alpha value is -3.14. The molecule has 0 aliphatic carbocycles. The Morgan fingerprint density at radius 1 is 1.11 bits per heavy atom. The van der Waals surface area contributed by atoms with E-state index >= 15 is 0 Å². The maximum absolute atomic E-state index is 12.6. The summed E-state index contributed by atoms with van der Waals surface area (Å²) in [4.78, 5) is 41.2. The molecule has 2 N–H and O–H groups in total. The molecular formula is C26H31ClN4O5. The number of morpholine rings is 1. The van der Waals surface area contributed by atoms with E-state index in [9.17, 15) is 14.4 Å². The first-order valence-electron chi connectivity index (χ1n) is 12.1. The van der Waals surface area contributed by atoms with Crippen LogP contribution in [0.4, 0.5) is 11.4 Å². The van der Waals surface area contributed by atoms with Crippen LogP contribution in [-0.2, 0) is 19.1 Å². The van der Waals surface area contributed by atoms with Crippen LogP contribution in [0, 0.1) is 5.92 Å². The first-order chi connectivity index (χ1) is 17.5. The van der Waals surface area contributed by atoms with Crippen LogP contribution in [0.25, 0.3) is 0 Å². The highest BCUT2D eigenvalue weighted by molar-refractivity contribution is 6.30. The number of benzene rings is 2. The minimum atomic E-state index is -0.369. The number of anilines is 2. The lowest BCUT2D eigenvalue weighted by Gasteiger charge is -2.26. The van der Waals surface area contributed by atoms with Crippen molar-refractivity contribution < 1.29 is 23.9 Å². The number of carbonyl (C=O) groups excluding carboxylic acids is 3. The van der Waals surface area contributed by atoms with Gasteiger partial charge in [-0.15, -0.1) is 0 Å². The molecule has 2 heterocycles. The van der Waals surface area contributed by atoms with E-state index < -0.39 is 0 Å². The molecule has 2 aliphatic heterocycles. The minimum Gasteiger partial charge on any atom is -0.484 e. The fourth-order valence-electron chi connectivity index (χ4n) is 4.25. The first-order valence-corrected chi connectivity index (χ1v) is 12.5. The summed E-state index contributed by atoms with van der Waals surface area (Å²) in [6, 6.07) is 13.8. The van der Waals surface area contributed by atoms with Crippen molar-refractivity contribution >= 4 is 40.7 Å². The van der Waals surface area contributed by atoms with Gasteiger partial charge in [-0.05, 0) is 55.4 Å². The van der Waals surface area contributed by atoms with Crippen molar-refractivity contribution in [3.05, 3.63) is 53.6 Å². The lowest BCUT2D eigenvalue weighted by atomic mass is 10.1. The van der Waals surface area contributed by atoms with E-state index in [1.54, 1.807) is 53.4 Å². The van der Waals surface area contributed by atoms with E-state index in [0.717, 1.165) is 39.3 Å². The molecule has 36 heavy (non-hydrogen) atoms. The minimum absolute atomic E-state index is 0.0847. The lowest BCUT2D eigenvalue weighted by Crippen LogP contribution is -2.39. The monoisotopic (exact) mass is 514 g/mol. The Bertz CT molecular complexity index is 1060. The second-order valence-corrected chi connectivity index (χ2v) is 9.28. The summed E-state index contributed by atoms with van der Waals surface area (Å²) >= 11 is 5.92. The number of rotatable bonds is 10. The van der Waals surface area contributed by atoms with Gasteiger partial charge in [-0.25, -0.2) is 0 Å². The van der Waals surface area contributed by atoms with Gasteiger partial charge in [0.25, 0.3) is 5.91 Å². The van der Waals surface area contributed by atoms with Gasteiger partial charge in [-0.1, -0.05) is 17.7 Å². The van der Waals surface area contributed by atoms with Gasteiger partial charge in [0.15, 0.2) is 6.61 Å². The number of ether oxygens (including phenoxy) is 2. The molecule has 9 nitrogen and oxygen atoms in total. The summed E-state index contributed by atoms with van der Waals surface area (Å²) in [6.07, 6.45) is 1.06. The topological polar surface area (TPSA) is 100 Å². The number of hydrogen-bond donors (Lipinski definition) is 2. The van der Waals surface area contributed by atoms with Crippen molar-refractivity contribution in [1.82, 2.24) is 10.2 Å². The Balaban J connectivity index is 1.19. The molecular weight excluding hydrogens is 484 g/mol. The highest BCUT2D eigenvalue weighted by Gasteiger charge is 2.35. The zero-order valence-corrected chi connectivity index (χ0v) is 20.8. The third-order valence-electron chi connectivity index (χ3n) is 6.18. The molecule has 3 amide bonds. The van der Waals surface area contributed by atoms with Crippen LogP contribution in [-0.4, -0.2) is 75.2 Å². The van der Waals surface area contributed by atoms with Crippen molar-refractivity contribution in [3.8, 4) is 5.75 Å². The van der Waals surface area contributed by atoms with Gasteiger partial charge in [0.05, 0.1) is 19.1 Å². The molecule has 1 atom stereocenters. The smallest absolute Gasteiger partial charge is 0.262 e. The molecule has 0 saturated carbocycles. The molecule has 0 unspecified atom stereocenters. The largest absolute Gasteiger partial charge is 0.484 e. The van der Waals surface area contributed by atoms with Crippen molar-refractivity contribution in [2.24, 2.45) is 5.92 Å². The third-order valence-corrected chi connectivity index (χ3v) is 6.41. The Labute approximate surface area is 215 Å². The quantitative estimate of drug-likeness (QED) is 0.473. The number of carbonyl (C=O) groups is 3. The first kappa shape index (κ1) is 25.9. The summed E-state index contributed by atoms with van der Waals surface area (Å²) in [7, 11) is 0. The molecule has 0 spiro atoms. The number of nitrogens with zero attached hydrogens (tertiary/aromatic N) is 2. The second kappa shape index (κ2) is 12.7. The molecule has 2 aliphatic rings. The maximum atomic E-state index is 12.6. The Morgan fingerprint density at radius 3 is 2.64 bits per heavy atom. The molecule has 4 rings (SSSR count). The highest BCUT2D eigenvalue weighted by atomic mass is 35.5. The maximum Gasteiger partial charge on any atom is 0.262 e. The van der Waals surface area contributed by atoms with Gasteiger partial charge in [0.1, 0.15) is 5.75 Å². The third kappa shape index (κ3) is 7.43. The van der Waals surface area contributed by atoms with Crippen LogP contribution in [0.1, 0.15) is 12.8 Å². The van der Waals surface area contributed by atoms with Crippen LogP contribution in [0.15, 0.2) is 48.5 Å². The predicted molar refractivity (Wildman–Crippen MR) is 137 cm³/mol. The second-order valence-electron chi connectivity index (χ2n) is 8.85. The van der Waals surface area contributed by atoms with E-state index in [2.05, 4.69) is 15.5 Å². The van der Waals surface area contributed by atoms with E-state index in [-0.39, 0.29) is 36.7 Å². The van der Waals surface area contributed by atoms with Gasteiger partial charge in [0, 0.05) is 49.0 Å². The molecule has 2 aromatic carbocycles. The van der Waals surface area contributed by atoms with Gasteiger partial charge in [0.2, 0.25) is 11.8 Å². The number of nitrogens with one attached hydrogen (secondary N) is 2. The fraction of sp³-hybridized carbons (Fsp3) is 0.423. The lowest BCUT2D eigenvalue weighted by molar-refractivity contribution is -0.126. The Kier molecular flexibility index (Phi) is 9.16. The summed E-state index contributed by atoms with van der Waals surface area (Å²) in [6.45, 7) is 5.09. The number of hydrogen-bond acceptors (Lipinski definition) is 6. The molecule has 2 fully saturated rings. The standard InChI is InChI=1S/C26H31ClN4O5/c27-20-3-1-4-21(16-20)29-24(32)18-36-23-7-5-22(6-8-23)31-17-19(15-25(31)33)26(34)28-9-2-10-30-11-13-35-14-12-30/h1,3-8,16,19H,2,9-15,17-18H2,(H,28,34)(H,29,32)/t19-/m1/s1. The van der Waals surface area contributed by atoms with E-state index in [0.29, 0.717) is 35.2 Å². The van der Waals surface area contributed by atoms with E-state index in [1.807, 2.05) is 0 Å². The summed E-state index contributed by atoms with van der Waals surface area (Å²) in [5.74, 6) is -0.348. The SMILES string of the molecule is O=C(COc1ccc(N2C[C@H](C(=O)NCCCN3CCOCC3)CC2=O)cc1)Nc1cccc(Cl)c1. The van der Waals surface area contributed by atoms with Crippen LogP contribution in [0.5, 0.6) is 5.75 Å². The highest BCUT2D eigenvalue weighted by Crippen LogP contribution is 2.27. The number of halogens is 1. The average Bonchev–Trinajstić information content (AvgIpc) is 3.28. The molecule has 0 aromatic heterocycles. The van der Waals surface area contributed by atoms with E-state index in [4.69, 9.17) is 21.1 Å². The van der Waals surface area contributed by atoms with Gasteiger partial charge in [-0.2, -0.15) is 0 Å². The van der Waals surface area contributed by atoms with Gasteiger partial charge in [-0.3, -0.25) is 19.3 Å². The van der Waals surface area contributed by atoms with Crippen LogP contribution >= 0.6 is 11.6 Å². The van der Waals surface area contributed by atoms with Crippen LogP contribution in [0.3, 0.4) is 0 Å². The van der Waals surface area contributed by atoms with Crippen molar-refractivity contribution in [1.29, 1.82) is 0 Å². The van der Waals surface area contributed by atoms with Crippen LogP contribution < -0.4 is 20.3 Å². The van der Waals surface area contributed by atoms with Gasteiger partial charge < -0.3 is 25.0 Å². The molecule has 2 aromatic rings. The summed E-state index contributed by atoms with van der Waals surface area (Å²) in [5, 5.41) is 6.22. The number of amides is 3.